The zero-order valence-electron chi connectivity index (χ0n) is 10.3. The van der Waals surface area contributed by atoms with Crippen LogP contribution in [-0.4, -0.2) is 26.2 Å². The summed E-state index contributed by atoms with van der Waals surface area (Å²) >= 11 is 0. The average Bonchev–Trinajstić information content (AvgIpc) is 2.82. The predicted molar refractivity (Wildman–Crippen MR) is 65.8 cm³/mol. The third kappa shape index (κ3) is 2.88. The Hall–Kier alpha value is -1.75. The van der Waals surface area contributed by atoms with Crippen LogP contribution in [-0.2, 0) is 0 Å². The summed E-state index contributed by atoms with van der Waals surface area (Å²) in [5.41, 5.74) is 2.21. The normalized spacial score (nSPS) is 12.9. The summed E-state index contributed by atoms with van der Waals surface area (Å²) in [5.74, 6) is 0. The van der Waals surface area contributed by atoms with E-state index in [9.17, 15) is 0 Å². The van der Waals surface area contributed by atoms with Crippen LogP contribution in [0.1, 0.15) is 32.4 Å². The van der Waals surface area contributed by atoms with Gasteiger partial charge >= 0.3 is 0 Å². The molecule has 0 aliphatic rings. The molecule has 5 heteroatoms. The zero-order chi connectivity index (χ0) is 12.3. The highest BCUT2D eigenvalue weighted by Gasteiger charge is 2.07. The van der Waals surface area contributed by atoms with Crippen molar-refractivity contribution >= 4 is 0 Å². The van der Waals surface area contributed by atoms with E-state index in [2.05, 4.69) is 53.7 Å². The molecule has 0 saturated carbocycles. The van der Waals surface area contributed by atoms with Crippen molar-refractivity contribution in [2.75, 3.05) is 0 Å². The Morgan fingerprint density at radius 3 is 2.71 bits per heavy atom. The second-order valence-electron chi connectivity index (χ2n) is 4.39. The van der Waals surface area contributed by atoms with Crippen LogP contribution in [0.5, 0.6) is 0 Å². The molecular weight excluding hydrogens is 214 g/mol. The molecule has 17 heavy (non-hydrogen) atoms. The highest BCUT2D eigenvalue weighted by molar-refractivity contribution is 5.35. The molecule has 0 saturated heterocycles. The first kappa shape index (κ1) is 11.7. The summed E-state index contributed by atoms with van der Waals surface area (Å²) < 4.78 is 1.66. The van der Waals surface area contributed by atoms with Crippen LogP contribution in [0.15, 0.2) is 30.6 Å². The molecule has 2 rings (SSSR count). The lowest BCUT2D eigenvalue weighted by Crippen LogP contribution is -2.26. The quantitative estimate of drug-likeness (QED) is 0.870. The monoisotopic (exact) mass is 231 g/mol. The van der Waals surface area contributed by atoms with Gasteiger partial charge in [0.25, 0.3) is 0 Å². The molecule has 90 valence electrons. The van der Waals surface area contributed by atoms with Crippen LogP contribution >= 0.6 is 0 Å². The molecule has 0 radical (unpaired) electrons. The van der Waals surface area contributed by atoms with Crippen LogP contribution in [0.25, 0.3) is 5.69 Å². The van der Waals surface area contributed by atoms with Gasteiger partial charge in [0.05, 0.1) is 5.69 Å². The number of nitrogens with one attached hydrogen (secondary N) is 1. The van der Waals surface area contributed by atoms with Gasteiger partial charge in [-0.3, -0.25) is 0 Å². The number of rotatable bonds is 4. The molecule has 2 aromatic rings. The van der Waals surface area contributed by atoms with Gasteiger partial charge in [-0.15, -0.1) is 5.10 Å². The highest BCUT2D eigenvalue weighted by atomic mass is 15.5. The van der Waals surface area contributed by atoms with Crippen molar-refractivity contribution in [2.24, 2.45) is 0 Å². The number of hydrogen-bond acceptors (Lipinski definition) is 4. The SMILES string of the molecule is CC(C)NC(C)c1cccc(-n2cnnn2)c1. The summed E-state index contributed by atoms with van der Waals surface area (Å²) in [6.07, 6.45) is 1.60. The van der Waals surface area contributed by atoms with E-state index in [0.29, 0.717) is 12.1 Å². The maximum absolute atomic E-state index is 3.88. The average molecular weight is 231 g/mol. The molecule has 1 aromatic carbocycles. The van der Waals surface area contributed by atoms with Gasteiger partial charge in [-0.2, -0.15) is 0 Å². The summed E-state index contributed by atoms with van der Waals surface area (Å²) in [4.78, 5) is 0. The van der Waals surface area contributed by atoms with Crippen LogP contribution in [0, 0.1) is 0 Å². The van der Waals surface area contributed by atoms with Gasteiger partial charge in [0.2, 0.25) is 0 Å². The Morgan fingerprint density at radius 1 is 1.24 bits per heavy atom. The number of hydrogen-bond donors (Lipinski definition) is 1. The van der Waals surface area contributed by atoms with Crippen molar-refractivity contribution in [1.29, 1.82) is 0 Å². The first-order valence-electron chi connectivity index (χ1n) is 5.76. The fourth-order valence-electron chi connectivity index (χ4n) is 1.81. The van der Waals surface area contributed by atoms with Crippen molar-refractivity contribution in [3.05, 3.63) is 36.2 Å². The van der Waals surface area contributed by atoms with E-state index >= 15 is 0 Å². The van der Waals surface area contributed by atoms with Crippen molar-refractivity contribution < 1.29 is 0 Å². The molecule has 1 heterocycles. The van der Waals surface area contributed by atoms with Crippen LogP contribution in [0.2, 0.25) is 0 Å². The molecule has 0 aliphatic carbocycles. The minimum atomic E-state index is 0.312. The number of aromatic nitrogens is 4. The smallest absolute Gasteiger partial charge is 0.143 e. The fraction of sp³-hybridized carbons (Fsp3) is 0.417. The summed E-state index contributed by atoms with van der Waals surface area (Å²) in [6.45, 7) is 6.43. The van der Waals surface area contributed by atoms with E-state index < -0.39 is 0 Å². The molecule has 0 aliphatic heterocycles. The van der Waals surface area contributed by atoms with E-state index in [1.54, 1.807) is 11.0 Å². The molecule has 5 nitrogen and oxygen atoms in total. The third-order valence-corrected chi connectivity index (χ3v) is 2.57. The maximum atomic E-state index is 3.88. The van der Waals surface area contributed by atoms with E-state index in [4.69, 9.17) is 0 Å². The van der Waals surface area contributed by atoms with Gasteiger partial charge in [0, 0.05) is 12.1 Å². The largest absolute Gasteiger partial charge is 0.308 e. The van der Waals surface area contributed by atoms with Gasteiger partial charge in [-0.05, 0) is 35.0 Å². The van der Waals surface area contributed by atoms with E-state index in [1.165, 1.54) is 5.56 Å². The minimum Gasteiger partial charge on any atom is -0.308 e. The minimum absolute atomic E-state index is 0.312. The lowest BCUT2D eigenvalue weighted by Gasteiger charge is -2.17. The third-order valence-electron chi connectivity index (χ3n) is 2.57. The van der Waals surface area contributed by atoms with Crippen molar-refractivity contribution in [3.63, 3.8) is 0 Å². The maximum Gasteiger partial charge on any atom is 0.143 e. The number of tetrazole rings is 1. The van der Waals surface area contributed by atoms with E-state index in [-0.39, 0.29) is 0 Å². The predicted octanol–water partition coefficient (Wildman–Crippen LogP) is 1.72. The lowest BCUT2D eigenvalue weighted by atomic mass is 10.1. The Labute approximate surface area is 101 Å². The molecule has 0 spiro atoms. The summed E-state index contributed by atoms with van der Waals surface area (Å²) in [7, 11) is 0. The van der Waals surface area contributed by atoms with Gasteiger partial charge < -0.3 is 5.32 Å². The first-order chi connectivity index (χ1) is 8.16. The second-order valence-corrected chi connectivity index (χ2v) is 4.39. The zero-order valence-corrected chi connectivity index (χ0v) is 10.3. The van der Waals surface area contributed by atoms with Crippen molar-refractivity contribution in [3.8, 4) is 5.69 Å². The van der Waals surface area contributed by atoms with Gasteiger partial charge in [0.15, 0.2) is 0 Å². The Morgan fingerprint density at radius 2 is 2.06 bits per heavy atom. The van der Waals surface area contributed by atoms with Crippen LogP contribution in [0.3, 0.4) is 0 Å². The van der Waals surface area contributed by atoms with Crippen molar-refractivity contribution in [1.82, 2.24) is 25.5 Å². The fourth-order valence-corrected chi connectivity index (χ4v) is 1.81. The summed E-state index contributed by atoms with van der Waals surface area (Å²) in [5, 5.41) is 14.6. The molecule has 1 atom stereocenters. The second kappa shape index (κ2) is 5.05. The molecule has 0 fully saturated rings. The Balaban J connectivity index is 2.23. The van der Waals surface area contributed by atoms with Crippen molar-refractivity contribution in [2.45, 2.75) is 32.9 Å². The first-order valence-corrected chi connectivity index (χ1v) is 5.76. The van der Waals surface area contributed by atoms with Gasteiger partial charge in [-0.1, -0.05) is 26.0 Å². The van der Waals surface area contributed by atoms with Gasteiger partial charge in [0.1, 0.15) is 6.33 Å². The van der Waals surface area contributed by atoms with Crippen LogP contribution < -0.4 is 5.32 Å². The Kier molecular flexibility index (Phi) is 3.49. The lowest BCUT2D eigenvalue weighted by molar-refractivity contribution is 0.506. The van der Waals surface area contributed by atoms with Crippen LogP contribution in [0.4, 0.5) is 0 Å². The molecular formula is C12H17N5. The summed E-state index contributed by atoms with van der Waals surface area (Å²) in [6, 6.07) is 8.98. The molecule has 0 bridgehead atoms. The topological polar surface area (TPSA) is 55.6 Å². The standard InChI is InChI=1S/C12H17N5/c1-9(2)14-10(3)11-5-4-6-12(7-11)17-8-13-15-16-17/h4-10,14H,1-3H3. The molecule has 1 unspecified atom stereocenters. The van der Waals surface area contributed by atoms with E-state index in [0.717, 1.165) is 5.69 Å². The number of benzene rings is 1. The molecule has 1 aromatic heterocycles. The highest BCUT2D eigenvalue weighted by Crippen LogP contribution is 2.16. The van der Waals surface area contributed by atoms with Gasteiger partial charge in [-0.25, -0.2) is 4.68 Å². The Bertz CT molecular complexity index is 464. The number of nitrogens with zero attached hydrogens (tertiary/aromatic N) is 4. The molecule has 0 amide bonds. The molecule has 1 N–H and O–H groups in total. The van der Waals surface area contributed by atoms with E-state index in [1.807, 2.05) is 12.1 Å².